The molecule has 196 valence electrons. The summed E-state index contributed by atoms with van der Waals surface area (Å²) in [5.41, 5.74) is 6.62. The minimum Gasteiger partial charge on any atom is -0.393 e. The predicted molar refractivity (Wildman–Crippen MR) is 149 cm³/mol. The van der Waals surface area contributed by atoms with Crippen molar-refractivity contribution in [2.24, 2.45) is 5.41 Å². The zero-order valence-corrected chi connectivity index (χ0v) is 22.0. The quantitative estimate of drug-likeness (QED) is 0.344. The Balaban J connectivity index is 1.05. The van der Waals surface area contributed by atoms with E-state index in [1.165, 1.54) is 5.57 Å². The Morgan fingerprint density at radius 1 is 1.16 bits per heavy atom. The smallest absolute Gasteiger partial charge is 0.230 e. The summed E-state index contributed by atoms with van der Waals surface area (Å²) >= 11 is 1.62. The fraction of sp³-hybridized carbons (Fsp3) is 0.429. The Kier molecular flexibility index (Phi) is 5.90. The van der Waals surface area contributed by atoms with Crippen molar-refractivity contribution >= 4 is 55.6 Å². The highest BCUT2D eigenvalue weighted by Crippen LogP contribution is 2.48. The number of hydrogen-bond donors (Lipinski definition) is 3. The lowest BCUT2D eigenvalue weighted by atomic mass is 9.99. The Labute approximate surface area is 224 Å². The van der Waals surface area contributed by atoms with Crippen molar-refractivity contribution < 1.29 is 9.90 Å². The van der Waals surface area contributed by atoms with Crippen molar-refractivity contribution in [3.63, 3.8) is 0 Å². The molecule has 1 aromatic carbocycles. The molecule has 38 heavy (non-hydrogen) atoms. The molecule has 0 atom stereocenters. The number of carbonyl (C=O) groups excluding carboxylic acids is 1. The Morgan fingerprint density at radius 2 is 2.03 bits per heavy atom. The van der Waals surface area contributed by atoms with Crippen molar-refractivity contribution in [2.75, 3.05) is 38.0 Å². The minimum atomic E-state index is -0.215. The molecule has 4 aromatic rings. The molecular formula is C28H31N7O2S. The zero-order chi connectivity index (χ0) is 25.7. The van der Waals surface area contributed by atoms with Gasteiger partial charge in [-0.2, -0.15) is 0 Å². The molecule has 0 unspecified atom stereocenters. The molecule has 0 radical (unpaired) electrons. The number of likely N-dealkylation sites (tertiary alicyclic amines) is 1. The maximum Gasteiger partial charge on any atom is 0.230 e. The summed E-state index contributed by atoms with van der Waals surface area (Å²) in [6.45, 7) is 3.97. The van der Waals surface area contributed by atoms with Crippen molar-refractivity contribution in [3.8, 4) is 0 Å². The number of H-pyrrole nitrogens is 1. The van der Waals surface area contributed by atoms with Crippen molar-refractivity contribution in [2.45, 2.75) is 38.2 Å². The van der Waals surface area contributed by atoms with E-state index in [1.807, 2.05) is 22.5 Å². The van der Waals surface area contributed by atoms with E-state index >= 15 is 0 Å². The van der Waals surface area contributed by atoms with Gasteiger partial charge in [0.2, 0.25) is 5.91 Å². The Hall–Kier alpha value is -3.34. The number of anilines is 2. The first-order valence-corrected chi connectivity index (χ1v) is 14.3. The van der Waals surface area contributed by atoms with Gasteiger partial charge in [-0.25, -0.2) is 15.0 Å². The lowest BCUT2D eigenvalue weighted by Gasteiger charge is -2.35. The molecule has 10 heteroatoms. The van der Waals surface area contributed by atoms with Gasteiger partial charge in [-0.15, -0.1) is 11.3 Å². The zero-order valence-electron chi connectivity index (χ0n) is 21.2. The highest BCUT2D eigenvalue weighted by Gasteiger charge is 2.52. The molecule has 2 aliphatic heterocycles. The summed E-state index contributed by atoms with van der Waals surface area (Å²) in [7, 11) is 0. The molecule has 1 saturated heterocycles. The summed E-state index contributed by atoms with van der Waals surface area (Å²) in [5, 5.41) is 14.2. The van der Waals surface area contributed by atoms with E-state index in [4.69, 9.17) is 0 Å². The SMILES string of the molecule is O=C(N1CC=C(c2cc3c(Nc4ccc5ncsc5c4)ncnc3[nH]2)CC1)C1(CN2CCC(O)CC2)CC1. The second-order valence-electron chi connectivity index (χ2n) is 10.8. The van der Waals surface area contributed by atoms with Crippen LogP contribution in [0.1, 0.15) is 37.8 Å². The third-order valence-corrected chi connectivity index (χ3v) is 9.04. The lowest BCUT2D eigenvalue weighted by molar-refractivity contribution is -0.137. The van der Waals surface area contributed by atoms with Crippen LogP contribution >= 0.6 is 11.3 Å². The van der Waals surface area contributed by atoms with E-state index in [-0.39, 0.29) is 11.5 Å². The molecular weight excluding hydrogens is 498 g/mol. The van der Waals surface area contributed by atoms with Crippen LogP contribution in [0.3, 0.4) is 0 Å². The van der Waals surface area contributed by atoms with Gasteiger partial charge in [0, 0.05) is 44.1 Å². The summed E-state index contributed by atoms with van der Waals surface area (Å²) < 4.78 is 1.13. The first kappa shape index (κ1) is 23.8. The van der Waals surface area contributed by atoms with Crippen LogP contribution < -0.4 is 5.32 Å². The average molecular weight is 530 g/mol. The number of amides is 1. The fourth-order valence-electron chi connectivity index (χ4n) is 5.81. The van der Waals surface area contributed by atoms with E-state index in [0.29, 0.717) is 12.5 Å². The first-order valence-electron chi connectivity index (χ1n) is 13.4. The van der Waals surface area contributed by atoms with Gasteiger partial charge in [0.25, 0.3) is 0 Å². The number of aliphatic hydroxyl groups excluding tert-OH is 1. The minimum absolute atomic E-state index is 0.182. The predicted octanol–water partition coefficient (Wildman–Crippen LogP) is 4.16. The molecule has 3 aromatic heterocycles. The van der Waals surface area contributed by atoms with Gasteiger partial charge in [-0.1, -0.05) is 6.08 Å². The molecule has 0 spiro atoms. The number of nitrogens with one attached hydrogen (secondary N) is 2. The first-order chi connectivity index (χ1) is 18.6. The number of benzene rings is 1. The molecule has 3 aliphatic rings. The number of nitrogens with zero attached hydrogens (tertiary/aromatic N) is 5. The van der Waals surface area contributed by atoms with Gasteiger partial charge in [-0.3, -0.25) is 4.79 Å². The van der Waals surface area contributed by atoms with E-state index in [1.54, 1.807) is 17.7 Å². The second kappa shape index (κ2) is 9.44. The molecule has 0 bridgehead atoms. The van der Waals surface area contributed by atoms with Gasteiger partial charge in [0.15, 0.2) is 0 Å². The second-order valence-corrected chi connectivity index (χ2v) is 11.7. The normalized spacial score (nSPS) is 20.1. The summed E-state index contributed by atoms with van der Waals surface area (Å²) in [6.07, 6.45) is 7.96. The van der Waals surface area contributed by atoms with E-state index < -0.39 is 0 Å². The van der Waals surface area contributed by atoms with Crippen molar-refractivity contribution in [1.29, 1.82) is 0 Å². The number of aromatic nitrogens is 4. The van der Waals surface area contributed by atoms with Crippen LogP contribution in [-0.4, -0.2) is 79.6 Å². The average Bonchev–Trinajstić information content (AvgIpc) is 3.35. The van der Waals surface area contributed by atoms with E-state index in [2.05, 4.69) is 48.4 Å². The van der Waals surface area contributed by atoms with Gasteiger partial charge < -0.3 is 25.2 Å². The number of fused-ring (bicyclic) bond motifs is 2. The maximum atomic E-state index is 13.5. The highest BCUT2D eigenvalue weighted by atomic mass is 32.1. The summed E-state index contributed by atoms with van der Waals surface area (Å²) in [6, 6.07) is 8.22. The topological polar surface area (TPSA) is 110 Å². The standard InChI is InChI=1S/C28H31N7O2S/c36-20-5-9-34(10-6-20)15-28(7-8-28)27(37)35-11-3-18(4-12-35)23-14-21-25(29-16-30-26(21)33-23)32-19-1-2-22-24(13-19)38-17-31-22/h1-3,13-14,16-17,20,36H,4-12,15H2,(H2,29,30,32,33). The van der Waals surface area contributed by atoms with Crippen LogP contribution in [0.2, 0.25) is 0 Å². The van der Waals surface area contributed by atoms with E-state index in [9.17, 15) is 9.90 Å². The molecule has 3 N–H and O–H groups in total. The number of piperidine rings is 1. The third-order valence-electron chi connectivity index (χ3n) is 8.25. The van der Waals surface area contributed by atoms with Crippen LogP contribution in [0.4, 0.5) is 11.5 Å². The largest absolute Gasteiger partial charge is 0.393 e. The van der Waals surface area contributed by atoms with Gasteiger partial charge in [0.1, 0.15) is 17.8 Å². The fourth-order valence-corrected chi connectivity index (χ4v) is 6.53. The van der Waals surface area contributed by atoms with Crippen LogP contribution in [0, 0.1) is 5.41 Å². The monoisotopic (exact) mass is 529 g/mol. The van der Waals surface area contributed by atoms with Crippen LogP contribution in [0.5, 0.6) is 0 Å². The van der Waals surface area contributed by atoms with Crippen LogP contribution in [0.15, 0.2) is 42.2 Å². The molecule has 5 heterocycles. The van der Waals surface area contributed by atoms with Gasteiger partial charge in [0.05, 0.1) is 32.6 Å². The van der Waals surface area contributed by atoms with Gasteiger partial charge >= 0.3 is 0 Å². The number of carbonyl (C=O) groups is 1. The molecule has 1 amide bonds. The number of rotatable bonds is 6. The van der Waals surface area contributed by atoms with Gasteiger partial charge in [-0.05, 0) is 61.9 Å². The Morgan fingerprint density at radius 3 is 2.82 bits per heavy atom. The lowest BCUT2D eigenvalue weighted by Crippen LogP contribution is -2.46. The van der Waals surface area contributed by atoms with Crippen molar-refractivity contribution in [1.82, 2.24) is 29.7 Å². The highest BCUT2D eigenvalue weighted by molar-refractivity contribution is 7.16. The molecule has 1 aliphatic carbocycles. The number of aromatic amines is 1. The Bertz CT molecular complexity index is 1530. The summed E-state index contributed by atoms with van der Waals surface area (Å²) in [5.74, 6) is 1.06. The number of hydrogen-bond acceptors (Lipinski definition) is 8. The van der Waals surface area contributed by atoms with Crippen LogP contribution in [0.25, 0.3) is 26.8 Å². The maximum absolute atomic E-state index is 13.5. The summed E-state index contributed by atoms with van der Waals surface area (Å²) in [4.78, 5) is 34.6. The molecule has 9 nitrogen and oxygen atoms in total. The molecule has 2 fully saturated rings. The van der Waals surface area contributed by atoms with E-state index in [0.717, 1.165) is 96.7 Å². The van der Waals surface area contributed by atoms with Crippen LogP contribution in [-0.2, 0) is 4.79 Å². The molecule has 1 saturated carbocycles. The number of aliphatic hydroxyl groups is 1. The third kappa shape index (κ3) is 4.46. The molecule has 7 rings (SSSR count). The number of thiazole rings is 1. The van der Waals surface area contributed by atoms with Crippen molar-refractivity contribution in [3.05, 3.63) is 47.9 Å².